The molecule has 9 heteroatoms. The predicted molar refractivity (Wildman–Crippen MR) is 122 cm³/mol. The number of methoxy groups -OCH3 is 3. The maximum absolute atomic E-state index is 13.0. The minimum atomic E-state index is -0.435. The van der Waals surface area contributed by atoms with Gasteiger partial charge in [-0.2, -0.15) is 5.10 Å². The number of carbonyl (C=O) groups is 2. The van der Waals surface area contributed by atoms with Crippen molar-refractivity contribution in [3.8, 4) is 17.2 Å². The topological polar surface area (TPSA) is 98.2 Å². The van der Waals surface area contributed by atoms with Crippen LogP contribution in [0.4, 0.5) is 10.1 Å². The van der Waals surface area contributed by atoms with Gasteiger partial charge in [0.25, 0.3) is 11.8 Å². The molecular formula is C24H22FN3O5. The Morgan fingerprint density at radius 2 is 1.36 bits per heavy atom. The highest BCUT2D eigenvalue weighted by Gasteiger charge is 2.12. The van der Waals surface area contributed by atoms with Crippen LogP contribution < -0.4 is 25.0 Å². The van der Waals surface area contributed by atoms with Crippen LogP contribution in [0.25, 0.3) is 0 Å². The van der Waals surface area contributed by atoms with Gasteiger partial charge in [0.05, 0.1) is 27.5 Å². The van der Waals surface area contributed by atoms with Crippen LogP contribution in [-0.4, -0.2) is 39.4 Å². The van der Waals surface area contributed by atoms with Crippen LogP contribution in [0.5, 0.6) is 17.2 Å². The van der Waals surface area contributed by atoms with Crippen LogP contribution in [0.3, 0.4) is 0 Å². The standard InChI is InChI=1S/C24H22FN3O5/c1-31-20-12-15(13-21(32-2)22(20)33-3)14-26-28-24(30)17-6-10-19(11-7-17)27-23(29)16-4-8-18(25)9-5-16/h4-14H,1-3H3,(H,27,29)(H,28,30)/b26-14+. The zero-order valence-corrected chi connectivity index (χ0v) is 18.2. The molecule has 0 spiro atoms. The van der Waals surface area contributed by atoms with Gasteiger partial charge in [-0.1, -0.05) is 0 Å². The summed E-state index contributed by atoms with van der Waals surface area (Å²) in [7, 11) is 4.52. The van der Waals surface area contributed by atoms with Gasteiger partial charge in [-0.15, -0.1) is 0 Å². The first-order chi connectivity index (χ1) is 15.9. The average molecular weight is 451 g/mol. The quantitative estimate of drug-likeness (QED) is 0.400. The van der Waals surface area contributed by atoms with Crippen molar-refractivity contribution in [2.75, 3.05) is 26.6 Å². The molecule has 0 atom stereocenters. The Hall–Kier alpha value is -4.40. The molecular weight excluding hydrogens is 429 g/mol. The predicted octanol–water partition coefficient (Wildman–Crippen LogP) is 3.87. The molecule has 170 valence electrons. The van der Waals surface area contributed by atoms with E-state index in [1.54, 1.807) is 36.4 Å². The van der Waals surface area contributed by atoms with E-state index in [2.05, 4.69) is 15.8 Å². The van der Waals surface area contributed by atoms with Gasteiger partial charge in [-0.25, -0.2) is 9.82 Å². The number of nitrogens with zero attached hydrogens (tertiary/aromatic N) is 1. The molecule has 2 N–H and O–H groups in total. The van der Waals surface area contributed by atoms with Crippen molar-refractivity contribution in [1.82, 2.24) is 5.43 Å². The van der Waals surface area contributed by atoms with Crippen molar-refractivity contribution in [2.45, 2.75) is 0 Å². The summed E-state index contributed by atoms with van der Waals surface area (Å²) in [4.78, 5) is 24.5. The van der Waals surface area contributed by atoms with Crippen molar-refractivity contribution in [3.63, 3.8) is 0 Å². The molecule has 0 bridgehead atoms. The van der Waals surface area contributed by atoms with Crippen molar-refractivity contribution >= 4 is 23.7 Å². The second-order valence-electron chi connectivity index (χ2n) is 6.70. The van der Waals surface area contributed by atoms with E-state index in [1.807, 2.05) is 0 Å². The number of benzene rings is 3. The number of anilines is 1. The lowest BCUT2D eigenvalue weighted by Crippen LogP contribution is -2.18. The summed E-state index contributed by atoms with van der Waals surface area (Å²) in [5.74, 6) is 0.130. The third-order valence-corrected chi connectivity index (χ3v) is 4.58. The molecule has 0 aliphatic carbocycles. The van der Waals surface area contributed by atoms with Gasteiger partial charge in [0.15, 0.2) is 11.5 Å². The van der Waals surface area contributed by atoms with Crippen LogP contribution in [-0.2, 0) is 0 Å². The molecule has 0 fully saturated rings. The van der Waals surface area contributed by atoms with Crippen molar-refractivity contribution in [3.05, 3.63) is 83.2 Å². The first-order valence-corrected chi connectivity index (χ1v) is 9.75. The summed E-state index contributed by atoms with van der Waals surface area (Å²) in [5.41, 5.74) is 4.22. The van der Waals surface area contributed by atoms with Gasteiger partial charge < -0.3 is 19.5 Å². The first-order valence-electron chi connectivity index (χ1n) is 9.75. The number of hydrogen-bond donors (Lipinski definition) is 2. The Morgan fingerprint density at radius 3 is 1.91 bits per heavy atom. The average Bonchev–Trinajstić information content (AvgIpc) is 2.84. The van der Waals surface area contributed by atoms with Gasteiger partial charge in [-0.05, 0) is 60.7 Å². The molecule has 0 radical (unpaired) electrons. The molecule has 2 amide bonds. The van der Waals surface area contributed by atoms with E-state index in [4.69, 9.17) is 14.2 Å². The fourth-order valence-corrected chi connectivity index (χ4v) is 2.92. The summed E-state index contributed by atoms with van der Waals surface area (Å²) in [6.07, 6.45) is 1.44. The van der Waals surface area contributed by atoms with Gasteiger partial charge in [0, 0.05) is 22.4 Å². The monoisotopic (exact) mass is 451 g/mol. The molecule has 3 aromatic rings. The Kier molecular flexibility index (Phi) is 7.59. The number of hydrogen-bond acceptors (Lipinski definition) is 6. The van der Waals surface area contributed by atoms with E-state index >= 15 is 0 Å². The number of rotatable bonds is 8. The number of halogens is 1. The Balaban J connectivity index is 1.62. The molecule has 0 aliphatic heterocycles. The van der Waals surface area contributed by atoms with Crippen LogP contribution in [0, 0.1) is 5.82 Å². The highest BCUT2D eigenvalue weighted by atomic mass is 19.1. The highest BCUT2D eigenvalue weighted by Crippen LogP contribution is 2.37. The molecule has 0 saturated carbocycles. The Morgan fingerprint density at radius 1 is 0.818 bits per heavy atom. The third-order valence-electron chi connectivity index (χ3n) is 4.58. The fourth-order valence-electron chi connectivity index (χ4n) is 2.92. The molecule has 8 nitrogen and oxygen atoms in total. The first kappa shape index (κ1) is 23.3. The van der Waals surface area contributed by atoms with Crippen LogP contribution in [0.2, 0.25) is 0 Å². The van der Waals surface area contributed by atoms with Crippen molar-refractivity contribution < 1.29 is 28.2 Å². The van der Waals surface area contributed by atoms with Gasteiger partial charge in [0.1, 0.15) is 5.82 Å². The number of nitrogens with one attached hydrogen (secondary N) is 2. The van der Waals surface area contributed by atoms with E-state index in [1.165, 1.54) is 51.8 Å². The SMILES string of the molecule is COc1cc(/C=N/NC(=O)c2ccc(NC(=O)c3ccc(F)cc3)cc2)cc(OC)c1OC. The van der Waals surface area contributed by atoms with E-state index < -0.39 is 11.7 Å². The number of ether oxygens (including phenoxy) is 3. The summed E-state index contributed by atoms with van der Waals surface area (Å²) >= 11 is 0. The van der Waals surface area contributed by atoms with E-state index in [9.17, 15) is 14.0 Å². The molecule has 0 heterocycles. The van der Waals surface area contributed by atoms with Crippen molar-refractivity contribution in [1.29, 1.82) is 0 Å². The smallest absolute Gasteiger partial charge is 0.271 e. The lowest BCUT2D eigenvalue weighted by atomic mass is 10.1. The lowest BCUT2D eigenvalue weighted by Gasteiger charge is -2.12. The van der Waals surface area contributed by atoms with Crippen molar-refractivity contribution in [2.24, 2.45) is 5.10 Å². The third kappa shape index (κ3) is 5.85. The number of amides is 2. The van der Waals surface area contributed by atoms with Gasteiger partial charge >= 0.3 is 0 Å². The van der Waals surface area contributed by atoms with Gasteiger partial charge in [0.2, 0.25) is 5.75 Å². The minimum Gasteiger partial charge on any atom is -0.493 e. The number of hydrazone groups is 1. The summed E-state index contributed by atoms with van der Waals surface area (Å²) in [6, 6.07) is 14.8. The second-order valence-corrected chi connectivity index (χ2v) is 6.70. The molecule has 3 aromatic carbocycles. The van der Waals surface area contributed by atoms with Crippen LogP contribution >= 0.6 is 0 Å². The lowest BCUT2D eigenvalue weighted by molar-refractivity contribution is 0.0954. The Bertz CT molecular complexity index is 1140. The molecule has 0 aromatic heterocycles. The molecule has 3 rings (SSSR count). The number of carbonyl (C=O) groups excluding carboxylic acids is 2. The maximum Gasteiger partial charge on any atom is 0.271 e. The van der Waals surface area contributed by atoms with Gasteiger partial charge in [-0.3, -0.25) is 9.59 Å². The largest absolute Gasteiger partial charge is 0.493 e. The minimum absolute atomic E-state index is 0.319. The summed E-state index contributed by atoms with van der Waals surface area (Å²) in [6.45, 7) is 0. The van der Waals surface area contributed by atoms with E-state index in [0.717, 1.165) is 0 Å². The summed E-state index contributed by atoms with van der Waals surface area (Å²) < 4.78 is 28.8. The molecule has 0 unspecified atom stereocenters. The molecule has 0 saturated heterocycles. The molecule has 0 aliphatic rings. The fraction of sp³-hybridized carbons (Fsp3) is 0.125. The zero-order valence-electron chi connectivity index (χ0n) is 18.2. The molecule has 33 heavy (non-hydrogen) atoms. The van der Waals surface area contributed by atoms with Crippen LogP contribution in [0.1, 0.15) is 26.3 Å². The highest BCUT2D eigenvalue weighted by molar-refractivity contribution is 6.04. The zero-order chi connectivity index (χ0) is 23.8. The normalized spacial score (nSPS) is 10.5. The second kappa shape index (κ2) is 10.8. The summed E-state index contributed by atoms with van der Waals surface area (Å²) in [5, 5.41) is 6.65. The Labute approximate surface area is 190 Å². The van der Waals surface area contributed by atoms with E-state index in [-0.39, 0.29) is 5.91 Å². The van der Waals surface area contributed by atoms with E-state index in [0.29, 0.717) is 39.6 Å². The maximum atomic E-state index is 13.0. The van der Waals surface area contributed by atoms with Crippen LogP contribution in [0.15, 0.2) is 65.8 Å².